The van der Waals surface area contributed by atoms with E-state index in [2.05, 4.69) is 34.8 Å². The van der Waals surface area contributed by atoms with Gasteiger partial charge in [0.1, 0.15) is 11.6 Å². The van der Waals surface area contributed by atoms with E-state index >= 15 is 0 Å². The Hall–Kier alpha value is -3.06. The molecule has 0 bridgehead atoms. The lowest BCUT2D eigenvalue weighted by atomic mass is 9.83. The van der Waals surface area contributed by atoms with Gasteiger partial charge >= 0.3 is 0 Å². The molecule has 5 atom stereocenters. The molecule has 2 aromatic heterocycles. The van der Waals surface area contributed by atoms with Crippen molar-refractivity contribution in [3.63, 3.8) is 0 Å². The number of rotatable bonds is 5. The lowest BCUT2D eigenvalue weighted by molar-refractivity contribution is -0.123. The summed E-state index contributed by atoms with van der Waals surface area (Å²) in [5.74, 6) is 8.19. The molecule has 0 saturated heterocycles. The number of aromatic nitrogens is 2. The van der Waals surface area contributed by atoms with Crippen molar-refractivity contribution in [3.05, 3.63) is 71.4 Å². The van der Waals surface area contributed by atoms with Gasteiger partial charge in [0, 0.05) is 41.4 Å². The number of carbonyl (C=O) groups excluding carboxylic acids is 1. The van der Waals surface area contributed by atoms with E-state index in [0.717, 1.165) is 47.8 Å². The fraction of sp³-hybridized carbons (Fsp3) is 0.414. The van der Waals surface area contributed by atoms with Crippen LogP contribution in [0.25, 0.3) is 10.9 Å². The number of benzene rings is 1. The molecule has 0 radical (unpaired) electrons. The van der Waals surface area contributed by atoms with Crippen LogP contribution in [0.1, 0.15) is 62.3 Å². The van der Waals surface area contributed by atoms with Crippen molar-refractivity contribution < 1.29 is 9.18 Å². The number of ketones is 1. The minimum Gasteiger partial charge on any atom is -0.299 e. The van der Waals surface area contributed by atoms with Gasteiger partial charge in [-0.15, -0.1) is 5.92 Å². The topological polar surface area (TPSA) is 42.9 Å². The van der Waals surface area contributed by atoms with Crippen LogP contribution in [0.4, 0.5) is 4.39 Å². The largest absolute Gasteiger partial charge is 0.299 e. The Kier molecular flexibility index (Phi) is 5.98. The van der Waals surface area contributed by atoms with Gasteiger partial charge in [-0.2, -0.15) is 0 Å². The number of nitrogens with zero attached hydrogens (tertiary/aromatic N) is 2. The van der Waals surface area contributed by atoms with E-state index in [4.69, 9.17) is 0 Å². The van der Waals surface area contributed by atoms with E-state index in [1.165, 1.54) is 11.6 Å². The Morgan fingerprint density at radius 3 is 2.58 bits per heavy atom. The molecule has 168 valence electrons. The molecule has 1 aromatic carbocycles. The van der Waals surface area contributed by atoms with Gasteiger partial charge in [0.2, 0.25) is 0 Å². The van der Waals surface area contributed by atoms with Gasteiger partial charge in [0.05, 0.1) is 5.52 Å². The Morgan fingerprint density at radius 1 is 1.09 bits per heavy atom. The highest BCUT2D eigenvalue weighted by Crippen LogP contribution is 2.54. The summed E-state index contributed by atoms with van der Waals surface area (Å²) in [6.07, 6.45) is 8.47. The number of halogens is 1. The monoisotopic (exact) mass is 440 g/mol. The van der Waals surface area contributed by atoms with Crippen molar-refractivity contribution >= 4 is 16.7 Å². The van der Waals surface area contributed by atoms with Crippen LogP contribution in [-0.2, 0) is 11.2 Å². The number of pyridine rings is 2. The first kappa shape index (κ1) is 21.8. The Labute approximate surface area is 194 Å². The van der Waals surface area contributed by atoms with Crippen LogP contribution in [0.5, 0.6) is 0 Å². The average molecular weight is 441 g/mol. The third-order valence-corrected chi connectivity index (χ3v) is 7.89. The van der Waals surface area contributed by atoms with Crippen LogP contribution in [0, 0.1) is 41.3 Å². The third kappa shape index (κ3) is 4.42. The predicted molar refractivity (Wildman–Crippen MR) is 128 cm³/mol. The van der Waals surface area contributed by atoms with E-state index in [9.17, 15) is 9.18 Å². The van der Waals surface area contributed by atoms with Gasteiger partial charge in [-0.05, 0) is 98.2 Å². The van der Waals surface area contributed by atoms with E-state index in [1.54, 1.807) is 25.3 Å². The molecule has 0 spiro atoms. The van der Waals surface area contributed by atoms with Crippen LogP contribution < -0.4 is 0 Å². The van der Waals surface area contributed by atoms with Crippen molar-refractivity contribution in [2.24, 2.45) is 23.7 Å². The van der Waals surface area contributed by atoms with Crippen LogP contribution in [0.15, 0.2) is 48.8 Å². The predicted octanol–water partition coefficient (Wildman–Crippen LogP) is 6.11. The van der Waals surface area contributed by atoms with Crippen molar-refractivity contribution in [1.82, 2.24) is 9.97 Å². The Morgan fingerprint density at radius 2 is 1.88 bits per heavy atom. The van der Waals surface area contributed by atoms with Crippen molar-refractivity contribution in [2.75, 3.05) is 0 Å². The van der Waals surface area contributed by atoms with Crippen LogP contribution in [0.2, 0.25) is 0 Å². The van der Waals surface area contributed by atoms with Crippen molar-refractivity contribution in [1.29, 1.82) is 0 Å². The minimum absolute atomic E-state index is 0.0572. The second-order valence-corrected chi connectivity index (χ2v) is 9.83. The molecule has 2 fully saturated rings. The molecule has 2 aliphatic carbocycles. The van der Waals surface area contributed by atoms with E-state index < -0.39 is 0 Å². The molecule has 0 N–H and O–H groups in total. The maximum atomic E-state index is 13.9. The lowest BCUT2D eigenvalue weighted by Gasteiger charge is -2.21. The summed E-state index contributed by atoms with van der Waals surface area (Å²) in [5, 5.41) is 0.950. The number of fused-ring (bicyclic) bond motifs is 2. The molecule has 2 heterocycles. The van der Waals surface area contributed by atoms with Gasteiger partial charge in [-0.25, -0.2) is 4.39 Å². The zero-order chi connectivity index (χ0) is 22.9. The molecular formula is C29H29FN2O. The first-order valence-corrected chi connectivity index (χ1v) is 12.0. The zero-order valence-electron chi connectivity index (χ0n) is 19.2. The summed E-state index contributed by atoms with van der Waals surface area (Å²) < 4.78 is 13.9. The van der Waals surface area contributed by atoms with Gasteiger partial charge in [-0.1, -0.05) is 12.8 Å². The molecule has 5 rings (SSSR count). The number of hydrogen-bond donors (Lipinski definition) is 0. The second kappa shape index (κ2) is 9.06. The maximum absolute atomic E-state index is 13.9. The maximum Gasteiger partial charge on any atom is 0.141 e. The summed E-state index contributed by atoms with van der Waals surface area (Å²) in [5.41, 5.74) is 3.80. The van der Waals surface area contributed by atoms with Crippen LogP contribution >= 0.6 is 0 Å². The highest BCUT2D eigenvalue weighted by molar-refractivity contribution is 5.83. The van der Waals surface area contributed by atoms with E-state index in [-0.39, 0.29) is 17.5 Å². The van der Waals surface area contributed by atoms with E-state index in [1.807, 2.05) is 18.3 Å². The molecule has 0 aliphatic heterocycles. The summed E-state index contributed by atoms with van der Waals surface area (Å²) in [4.78, 5) is 21.8. The summed E-state index contributed by atoms with van der Waals surface area (Å²) >= 11 is 0. The highest BCUT2D eigenvalue weighted by atomic mass is 19.1. The fourth-order valence-electron chi connectivity index (χ4n) is 6.17. The van der Waals surface area contributed by atoms with Crippen LogP contribution in [0.3, 0.4) is 0 Å². The Bertz CT molecular complexity index is 1230. The second-order valence-electron chi connectivity index (χ2n) is 9.83. The standard InChI is InChI=1S/C29H29FN2O/c1-3-4-19-5-7-25(32-17-19)16-29(33)18(2)20-11-21-13-23(14-22(21)12-20)26-9-10-31-28-8-6-24(30)15-27(26)28/h5-10,15,17-18,20-23H,11-14,16H2,1-2H3/t18?,20?,21-,22+,23?. The first-order valence-electron chi connectivity index (χ1n) is 12.0. The molecule has 3 unspecified atom stereocenters. The number of Topliss-reactive ketones (excluding diaryl/α,β-unsaturated/α-hetero) is 1. The molecule has 33 heavy (non-hydrogen) atoms. The molecule has 0 amide bonds. The quantitative estimate of drug-likeness (QED) is 0.450. The Balaban J connectivity index is 1.22. The molecule has 2 aliphatic rings. The number of carbonyl (C=O) groups is 1. The molecule has 4 heteroatoms. The smallest absolute Gasteiger partial charge is 0.141 e. The number of hydrogen-bond acceptors (Lipinski definition) is 3. The van der Waals surface area contributed by atoms with Crippen molar-refractivity contribution in [3.8, 4) is 11.8 Å². The highest BCUT2D eigenvalue weighted by Gasteiger charge is 2.44. The third-order valence-electron chi connectivity index (χ3n) is 7.89. The zero-order valence-corrected chi connectivity index (χ0v) is 19.2. The molecule has 3 nitrogen and oxygen atoms in total. The molecule has 2 saturated carbocycles. The first-order chi connectivity index (χ1) is 16.0. The van der Waals surface area contributed by atoms with Gasteiger partial charge in [0.25, 0.3) is 0 Å². The summed E-state index contributed by atoms with van der Waals surface area (Å²) in [6.45, 7) is 3.90. The summed E-state index contributed by atoms with van der Waals surface area (Å²) in [7, 11) is 0. The fourth-order valence-corrected chi connectivity index (χ4v) is 6.17. The van der Waals surface area contributed by atoms with E-state index in [0.29, 0.717) is 30.1 Å². The lowest BCUT2D eigenvalue weighted by Crippen LogP contribution is -2.22. The summed E-state index contributed by atoms with van der Waals surface area (Å²) in [6, 6.07) is 10.8. The minimum atomic E-state index is -0.204. The van der Waals surface area contributed by atoms with Gasteiger partial charge in [-0.3, -0.25) is 14.8 Å². The van der Waals surface area contributed by atoms with Crippen molar-refractivity contribution in [2.45, 2.75) is 51.9 Å². The normalized spacial score (nSPS) is 24.8. The SMILES string of the molecule is CC#Cc1ccc(CC(=O)C(C)C2C[C@H]3CC(c4ccnc5ccc(F)cc45)C[C@H]3C2)nc1. The molecule has 3 aromatic rings. The molecular weight excluding hydrogens is 411 g/mol. The average Bonchev–Trinajstić information content (AvgIpc) is 3.39. The van der Waals surface area contributed by atoms with Gasteiger partial charge in [0.15, 0.2) is 0 Å². The van der Waals surface area contributed by atoms with Crippen LogP contribution in [-0.4, -0.2) is 15.8 Å². The van der Waals surface area contributed by atoms with Gasteiger partial charge < -0.3 is 0 Å².